The quantitative estimate of drug-likeness (QED) is 0.846. The van der Waals surface area contributed by atoms with Gasteiger partial charge in [0.15, 0.2) is 0 Å². The molecule has 0 aromatic heterocycles. The minimum Gasteiger partial charge on any atom is -0.313 e. The van der Waals surface area contributed by atoms with E-state index in [0.717, 1.165) is 25.0 Å². The van der Waals surface area contributed by atoms with Crippen molar-refractivity contribution in [3.63, 3.8) is 0 Å². The lowest BCUT2D eigenvalue weighted by atomic mass is 10.2. The zero-order valence-electron chi connectivity index (χ0n) is 11.4. The van der Waals surface area contributed by atoms with Crippen molar-refractivity contribution in [1.82, 2.24) is 5.32 Å². The molecule has 0 radical (unpaired) electrons. The number of anilines is 1. The van der Waals surface area contributed by atoms with E-state index in [4.69, 9.17) is 0 Å². The predicted molar refractivity (Wildman–Crippen MR) is 74.5 cm³/mol. The maximum Gasteiger partial charge on any atom is 0.418 e. The van der Waals surface area contributed by atoms with Crippen molar-refractivity contribution in [2.45, 2.75) is 37.2 Å². The fraction of sp³-hybridized carbons (Fsp3) is 0.538. The molecule has 0 saturated heterocycles. The van der Waals surface area contributed by atoms with Crippen LogP contribution >= 0.6 is 0 Å². The Hall–Kier alpha value is -1.28. The molecule has 21 heavy (non-hydrogen) atoms. The average Bonchev–Trinajstić information content (AvgIpc) is 3.18. The van der Waals surface area contributed by atoms with E-state index in [-0.39, 0.29) is 6.54 Å². The van der Waals surface area contributed by atoms with Gasteiger partial charge in [0.1, 0.15) is 0 Å². The Balaban J connectivity index is 2.12. The average molecular weight is 322 g/mol. The van der Waals surface area contributed by atoms with Gasteiger partial charge in [-0.25, -0.2) is 8.42 Å². The molecule has 0 bridgehead atoms. The molecule has 0 heterocycles. The van der Waals surface area contributed by atoms with Gasteiger partial charge in [-0.15, -0.1) is 0 Å². The van der Waals surface area contributed by atoms with Gasteiger partial charge < -0.3 is 5.32 Å². The van der Waals surface area contributed by atoms with Crippen molar-refractivity contribution in [2.75, 3.05) is 11.3 Å². The molecule has 1 fully saturated rings. The molecule has 1 aliphatic carbocycles. The summed E-state index contributed by atoms with van der Waals surface area (Å²) in [7, 11) is -3.88. The molecule has 118 valence electrons. The Morgan fingerprint density at radius 3 is 2.48 bits per heavy atom. The monoisotopic (exact) mass is 322 g/mol. The molecule has 1 unspecified atom stereocenters. The highest BCUT2D eigenvalue weighted by Gasteiger charge is 2.35. The smallest absolute Gasteiger partial charge is 0.313 e. The third-order valence-electron chi connectivity index (χ3n) is 3.29. The molecular formula is C13H17F3N2O2S. The SMILES string of the molecule is CC(CNC1CC1)S(=O)(=O)Nc1ccccc1C(F)(F)F. The van der Waals surface area contributed by atoms with Crippen LogP contribution in [0.5, 0.6) is 0 Å². The number of nitrogens with one attached hydrogen (secondary N) is 2. The topological polar surface area (TPSA) is 58.2 Å². The van der Waals surface area contributed by atoms with Crippen molar-refractivity contribution in [1.29, 1.82) is 0 Å². The molecule has 8 heteroatoms. The van der Waals surface area contributed by atoms with E-state index < -0.39 is 32.7 Å². The van der Waals surface area contributed by atoms with Crippen LogP contribution in [0.25, 0.3) is 0 Å². The van der Waals surface area contributed by atoms with Crippen LogP contribution in [0.4, 0.5) is 18.9 Å². The predicted octanol–water partition coefficient (Wildman–Crippen LogP) is 2.59. The Bertz CT molecular complexity index is 598. The highest BCUT2D eigenvalue weighted by Crippen LogP contribution is 2.35. The maximum atomic E-state index is 12.8. The Morgan fingerprint density at radius 2 is 1.90 bits per heavy atom. The fourth-order valence-electron chi connectivity index (χ4n) is 1.80. The van der Waals surface area contributed by atoms with E-state index in [0.29, 0.717) is 6.04 Å². The van der Waals surface area contributed by atoms with E-state index in [1.165, 1.54) is 19.1 Å². The van der Waals surface area contributed by atoms with Gasteiger partial charge in [-0.1, -0.05) is 12.1 Å². The lowest BCUT2D eigenvalue weighted by Gasteiger charge is -2.18. The highest BCUT2D eigenvalue weighted by atomic mass is 32.2. The summed E-state index contributed by atoms with van der Waals surface area (Å²) in [6.07, 6.45) is -2.58. The van der Waals surface area contributed by atoms with Crippen molar-refractivity contribution >= 4 is 15.7 Å². The van der Waals surface area contributed by atoms with Crippen LogP contribution < -0.4 is 10.0 Å². The summed E-state index contributed by atoms with van der Waals surface area (Å²) in [5.41, 5.74) is -1.43. The molecule has 1 aromatic rings. The van der Waals surface area contributed by atoms with E-state index in [1.807, 2.05) is 4.72 Å². The van der Waals surface area contributed by atoms with E-state index in [1.54, 1.807) is 0 Å². The first kappa shape index (κ1) is 16.1. The number of rotatable bonds is 6. The Kier molecular flexibility index (Phi) is 4.48. The molecule has 2 rings (SSSR count). The fourth-order valence-corrected chi connectivity index (χ4v) is 2.80. The Labute approximate surface area is 121 Å². The standard InChI is InChI=1S/C13H17F3N2O2S/c1-9(8-17-10-6-7-10)21(19,20)18-12-5-3-2-4-11(12)13(14,15)16/h2-5,9-10,17-18H,6-8H2,1H3. The molecule has 0 spiro atoms. The summed E-state index contributed by atoms with van der Waals surface area (Å²) in [6, 6.07) is 4.88. The van der Waals surface area contributed by atoms with E-state index >= 15 is 0 Å². The van der Waals surface area contributed by atoms with Gasteiger partial charge in [0.05, 0.1) is 16.5 Å². The first-order chi connectivity index (χ1) is 9.70. The summed E-state index contributed by atoms with van der Waals surface area (Å²) in [5.74, 6) is 0. The zero-order chi connectivity index (χ0) is 15.7. The van der Waals surface area contributed by atoms with Crippen LogP contribution in [0.3, 0.4) is 0 Å². The van der Waals surface area contributed by atoms with Crippen LogP contribution in [-0.4, -0.2) is 26.3 Å². The third-order valence-corrected chi connectivity index (χ3v) is 5.02. The molecule has 4 nitrogen and oxygen atoms in total. The number of benzene rings is 1. The molecule has 0 aliphatic heterocycles. The summed E-state index contributed by atoms with van der Waals surface area (Å²) >= 11 is 0. The normalized spacial score (nSPS) is 17.5. The molecule has 2 N–H and O–H groups in total. The van der Waals surface area contributed by atoms with Crippen LogP contribution in [-0.2, 0) is 16.2 Å². The second-order valence-corrected chi connectivity index (χ2v) is 7.28. The van der Waals surface area contributed by atoms with Crippen molar-refractivity contribution in [3.05, 3.63) is 29.8 Å². The van der Waals surface area contributed by atoms with Crippen LogP contribution in [0.2, 0.25) is 0 Å². The van der Waals surface area contributed by atoms with Gasteiger partial charge >= 0.3 is 6.18 Å². The lowest BCUT2D eigenvalue weighted by Crippen LogP contribution is -2.36. The summed E-state index contributed by atoms with van der Waals surface area (Å²) in [5, 5.41) is 2.23. The summed E-state index contributed by atoms with van der Waals surface area (Å²) < 4.78 is 64.8. The zero-order valence-corrected chi connectivity index (χ0v) is 12.3. The molecule has 1 atom stereocenters. The molecule has 0 amide bonds. The number of sulfonamides is 1. The second-order valence-electron chi connectivity index (χ2n) is 5.18. The van der Waals surface area contributed by atoms with E-state index in [9.17, 15) is 21.6 Å². The summed E-state index contributed by atoms with van der Waals surface area (Å²) in [4.78, 5) is 0. The number of hydrogen-bond donors (Lipinski definition) is 2. The van der Waals surface area contributed by atoms with Crippen molar-refractivity contribution in [2.24, 2.45) is 0 Å². The van der Waals surface area contributed by atoms with Gasteiger partial charge in [0.2, 0.25) is 10.0 Å². The minimum absolute atomic E-state index is 0.216. The van der Waals surface area contributed by atoms with Crippen molar-refractivity contribution in [3.8, 4) is 0 Å². The number of hydrogen-bond acceptors (Lipinski definition) is 3. The van der Waals surface area contributed by atoms with Crippen molar-refractivity contribution < 1.29 is 21.6 Å². The van der Waals surface area contributed by atoms with Gasteiger partial charge in [-0.05, 0) is 31.9 Å². The molecule has 1 aliphatic rings. The number of halogens is 3. The van der Waals surface area contributed by atoms with Gasteiger partial charge in [-0.2, -0.15) is 13.2 Å². The largest absolute Gasteiger partial charge is 0.418 e. The van der Waals surface area contributed by atoms with E-state index in [2.05, 4.69) is 5.32 Å². The summed E-state index contributed by atoms with van der Waals surface area (Å²) in [6.45, 7) is 1.68. The molecular weight excluding hydrogens is 305 g/mol. The first-order valence-electron chi connectivity index (χ1n) is 6.61. The molecule has 1 aromatic carbocycles. The van der Waals surface area contributed by atoms with Gasteiger partial charge in [0.25, 0.3) is 0 Å². The maximum absolute atomic E-state index is 12.8. The number of alkyl halides is 3. The van der Waals surface area contributed by atoms with Crippen LogP contribution in [0.1, 0.15) is 25.3 Å². The second kappa shape index (κ2) is 5.84. The lowest BCUT2D eigenvalue weighted by molar-refractivity contribution is -0.136. The van der Waals surface area contributed by atoms with Gasteiger partial charge in [0, 0.05) is 12.6 Å². The minimum atomic E-state index is -4.60. The first-order valence-corrected chi connectivity index (χ1v) is 8.16. The van der Waals surface area contributed by atoms with Gasteiger partial charge in [-0.3, -0.25) is 4.72 Å². The highest BCUT2D eigenvalue weighted by molar-refractivity contribution is 7.93. The third kappa shape index (κ3) is 4.34. The van der Waals surface area contributed by atoms with Crippen LogP contribution in [0.15, 0.2) is 24.3 Å². The Morgan fingerprint density at radius 1 is 1.29 bits per heavy atom. The number of para-hydroxylation sites is 1. The molecule has 1 saturated carbocycles. The van der Waals surface area contributed by atoms with Crippen LogP contribution in [0, 0.1) is 0 Å².